The lowest BCUT2D eigenvalue weighted by atomic mass is 10.2. The number of hydrogen-bond donors (Lipinski definition) is 1. The molecule has 0 aliphatic rings. The van der Waals surface area contributed by atoms with Crippen molar-refractivity contribution in [3.8, 4) is 16.3 Å². The number of methoxy groups -OCH3 is 1. The highest BCUT2D eigenvalue weighted by atomic mass is 35.5. The maximum atomic E-state index is 12.8. The molecule has 0 aliphatic carbocycles. The Hall–Kier alpha value is -2.61. The highest BCUT2D eigenvalue weighted by Gasteiger charge is 2.20. The van der Waals surface area contributed by atoms with Crippen molar-refractivity contribution in [1.29, 1.82) is 0 Å². The molecule has 1 heterocycles. The quantitative estimate of drug-likeness (QED) is 0.426. The Balaban J connectivity index is 1.61. The number of rotatable bonds is 5. The van der Waals surface area contributed by atoms with Gasteiger partial charge in [-0.05, 0) is 67.1 Å². The minimum atomic E-state index is -3.85. The van der Waals surface area contributed by atoms with Crippen LogP contribution in [0.4, 0.5) is 5.69 Å². The number of nitrogens with one attached hydrogen (secondary N) is 1. The second kappa shape index (κ2) is 7.67. The van der Waals surface area contributed by atoms with Crippen molar-refractivity contribution in [2.45, 2.75) is 11.8 Å². The zero-order valence-corrected chi connectivity index (χ0v) is 18.0. The summed E-state index contributed by atoms with van der Waals surface area (Å²) < 4.78 is 34.4. The highest BCUT2D eigenvalue weighted by molar-refractivity contribution is 7.92. The molecule has 5 nitrogen and oxygen atoms in total. The van der Waals surface area contributed by atoms with Gasteiger partial charge in [0, 0.05) is 16.3 Å². The molecule has 29 heavy (non-hydrogen) atoms. The zero-order valence-electron chi connectivity index (χ0n) is 15.6. The molecule has 4 aromatic rings. The van der Waals surface area contributed by atoms with Gasteiger partial charge in [-0.2, -0.15) is 0 Å². The second-order valence-corrected chi connectivity index (χ2v) is 9.59. The molecule has 0 saturated heterocycles. The lowest BCUT2D eigenvalue weighted by Gasteiger charge is -2.12. The van der Waals surface area contributed by atoms with Gasteiger partial charge in [0.2, 0.25) is 0 Å². The lowest BCUT2D eigenvalue weighted by Crippen LogP contribution is -2.14. The zero-order chi connectivity index (χ0) is 20.6. The summed E-state index contributed by atoms with van der Waals surface area (Å²) in [7, 11) is -2.44. The summed E-state index contributed by atoms with van der Waals surface area (Å²) in [6, 6.07) is 17.7. The molecule has 0 saturated carbocycles. The number of halogens is 1. The number of hydrogen-bond acceptors (Lipinski definition) is 5. The van der Waals surface area contributed by atoms with Gasteiger partial charge in [-0.15, -0.1) is 11.3 Å². The molecule has 0 bridgehead atoms. The Bertz CT molecular complexity index is 1300. The van der Waals surface area contributed by atoms with E-state index in [0.29, 0.717) is 10.7 Å². The van der Waals surface area contributed by atoms with Crippen LogP contribution >= 0.6 is 22.9 Å². The molecular formula is C21H17ClN2O3S2. The Morgan fingerprint density at radius 1 is 1.03 bits per heavy atom. The van der Waals surface area contributed by atoms with E-state index in [1.54, 1.807) is 29.5 Å². The second-order valence-electron chi connectivity index (χ2n) is 6.47. The van der Waals surface area contributed by atoms with Crippen LogP contribution in [0.5, 0.6) is 5.75 Å². The van der Waals surface area contributed by atoms with E-state index in [2.05, 4.69) is 22.7 Å². The van der Waals surface area contributed by atoms with E-state index in [4.69, 9.17) is 16.3 Å². The smallest absolute Gasteiger partial charge is 0.265 e. The van der Waals surface area contributed by atoms with Crippen molar-refractivity contribution >= 4 is 48.9 Å². The summed E-state index contributed by atoms with van der Waals surface area (Å²) in [5.74, 6) is 0.225. The van der Waals surface area contributed by atoms with E-state index in [-0.39, 0.29) is 10.6 Å². The number of aryl methyl sites for hydroxylation is 1. The standard InChI is InChI=1S/C21H17ClN2O3S2/c1-13-3-9-17-19(11-13)28-21(23-17)14-4-7-16(8-5-14)24-29(25,26)20-12-15(22)6-10-18(20)27-2/h3-12,24H,1-2H3. The van der Waals surface area contributed by atoms with E-state index in [9.17, 15) is 8.42 Å². The molecule has 8 heteroatoms. The van der Waals surface area contributed by atoms with Crippen LogP contribution in [-0.4, -0.2) is 20.5 Å². The molecule has 1 N–H and O–H groups in total. The van der Waals surface area contributed by atoms with Gasteiger partial charge in [0.15, 0.2) is 0 Å². The van der Waals surface area contributed by atoms with E-state index in [1.165, 1.54) is 24.8 Å². The van der Waals surface area contributed by atoms with Gasteiger partial charge in [0.25, 0.3) is 10.0 Å². The maximum Gasteiger partial charge on any atom is 0.265 e. The number of benzene rings is 3. The molecule has 0 unspecified atom stereocenters. The first-order chi connectivity index (χ1) is 13.9. The van der Waals surface area contributed by atoms with E-state index < -0.39 is 10.0 Å². The van der Waals surface area contributed by atoms with Gasteiger partial charge in [0.1, 0.15) is 15.7 Å². The summed E-state index contributed by atoms with van der Waals surface area (Å²) >= 11 is 7.57. The molecule has 1 aromatic heterocycles. The Kier molecular flexibility index (Phi) is 5.21. The third-order valence-electron chi connectivity index (χ3n) is 4.34. The van der Waals surface area contributed by atoms with Crippen molar-refractivity contribution in [3.63, 3.8) is 0 Å². The van der Waals surface area contributed by atoms with Crippen LogP contribution in [0.3, 0.4) is 0 Å². The van der Waals surface area contributed by atoms with Gasteiger partial charge in [-0.1, -0.05) is 17.7 Å². The van der Waals surface area contributed by atoms with E-state index in [1.807, 2.05) is 24.3 Å². The van der Waals surface area contributed by atoms with Crippen LogP contribution in [-0.2, 0) is 10.0 Å². The minimum absolute atomic E-state index is 0.0156. The summed E-state index contributed by atoms with van der Waals surface area (Å²) in [6.07, 6.45) is 0. The van der Waals surface area contributed by atoms with E-state index in [0.717, 1.165) is 20.8 Å². The molecule has 3 aromatic carbocycles. The molecule has 0 fully saturated rings. The van der Waals surface area contributed by atoms with Crippen molar-refractivity contribution < 1.29 is 13.2 Å². The van der Waals surface area contributed by atoms with E-state index >= 15 is 0 Å². The molecule has 4 rings (SSSR count). The number of anilines is 1. The summed E-state index contributed by atoms with van der Waals surface area (Å²) in [5, 5.41) is 1.20. The molecule has 0 atom stereocenters. The number of nitrogens with zero attached hydrogens (tertiary/aromatic N) is 1. The third-order valence-corrected chi connectivity index (χ3v) is 7.05. The van der Waals surface area contributed by atoms with Crippen LogP contribution < -0.4 is 9.46 Å². The summed E-state index contributed by atoms with van der Waals surface area (Å²) in [4.78, 5) is 4.64. The Morgan fingerprint density at radius 2 is 1.79 bits per heavy atom. The largest absolute Gasteiger partial charge is 0.495 e. The molecule has 148 valence electrons. The van der Waals surface area contributed by atoms with Crippen LogP contribution in [0.25, 0.3) is 20.8 Å². The van der Waals surface area contributed by atoms with Crippen molar-refractivity contribution in [2.24, 2.45) is 0 Å². The average Bonchev–Trinajstić information content (AvgIpc) is 3.11. The SMILES string of the molecule is COc1ccc(Cl)cc1S(=O)(=O)Nc1ccc(-c2nc3ccc(C)cc3s2)cc1. The lowest BCUT2D eigenvalue weighted by molar-refractivity contribution is 0.403. The predicted molar refractivity (Wildman–Crippen MR) is 119 cm³/mol. The van der Waals surface area contributed by atoms with Gasteiger partial charge < -0.3 is 4.74 Å². The fourth-order valence-electron chi connectivity index (χ4n) is 2.91. The molecule has 0 spiro atoms. The Labute approximate surface area is 178 Å². The number of thiazole rings is 1. The number of sulfonamides is 1. The van der Waals surface area contributed by atoms with Crippen molar-refractivity contribution in [3.05, 3.63) is 71.2 Å². The monoisotopic (exact) mass is 444 g/mol. The first-order valence-corrected chi connectivity index (χ1v) is 11.4. The summed E-state index contributed by atoms with van der Waals surface area (Å²) in [6.45, 7) is 2.05. The van der Waals surface area contributed by atoms with Gasteiger partial charge in [-0.3, -0.25) is 4.72 Å². The third kappa shape index (κ3) is 4.07. The van der Waals surface area contributed by atoms with Gasteiger partial charge in [0.05, 0.1) is 17.3 Å². The fraction of sp³-hybridized carbons (Fsp3) is 0.0952. The molecule has 0 aliphatic heterocycles. The fourth-order valence-corrected chi connectivity index (χ4v) is 5.47. The highest BCUT2D eigenvalue weighted by Crippen LogP contribution is 2.32. The van der Waals surface area contributed by atoms with Gasteiger partial charge >= 0.3 is 0 Å². The molecule has 0 radical (unpaired) electrons. The van der Waals surface area contributed by atoms with Crippen LogP contribution in [0, 0.1) is 6.92 Å². The van der Waals surface area contributed by atoms with Crippen molar-refractivity contribution in [2.75, 3.05) is 11.8 Å². The minimum Gasteiger partial charge on any atom is -0.495 e. The van der Waals surface area contributed by atoms with Crippen molar-refractivity contribution in [1.82, 2.24) is 4.98 Å². The first kappa shape index (κ1) is 19.7. The predicted octanol–water partition coefficient (Wildman–Crippen LogP) is 5.73. The first-order valence-electron chi connectivity index (χ1n) is 8.70. The maximum absolute atomic E-state index is 12.8. The number of aromatic nitrogens is 1. The number of fused-ring (bicyclic) bond motifs is 1. The summed E-state index contributed by atoms with van der Waals surface area (Å²) in [5.41, 5.74) is 3.50. The van der Waals surface area contributed by atoms with Gasteiger partial charge in [-0.25, -0.2) is 13.4 Å². The van der Waals surface area contributed by atoms with Crippen LogP contribution in [0.1, 0.15) is 5.56 Å². The Morgan fingerprint density at radius 3 is 2.52 bits per heavy atom. The van der Waals surface area contributed by atoms with Crippen LogP contribution in [0.2, 0.25) is 5.02 Å². The van der Waals surface area contributed by atoms with Crippen LogP contribution in [0.15, 0.2) is 65.6 Å². The normalized spacial score (nSPS) is 11.6. The molecule has 0 amide bonds. The molecular weight excluding hydrogens is 428 g/mol. The number of ether oxygens (including phenoxy) is 1. The topological polar surface area (TPSA) is 68.3 Å². The average molecular weight is 445 g/mol.